The van der Waals surface area contributed by atoms with Crippen molar-refractivity contribution in [2.75, 3.05) is 0 Å². The first-order valence-corrected chi connectivity index (χ1v) is 11.8. The second-order valence-electron chi connectivity index (χ2n) is 9.48. The van der Waals surface area contributed by atoms with Crippen LogP contribution in [-0.2, 0) is 19.4 Å². The van der Waals surface area contributed by atoms with E-state index in [0.29, 0.717) is 5.92 Å². The molecule has 0 amide bonds. The normalized spacial score (nSPS) is 15.7. The van der Waals surface area contributed by atoms with Gasteiger partial charge in [0.05, 0.1) is 18.0 Å². The Labute approximate surface area is 194 Å². The van der Waals surface area contributed by atoms with Crippen LogP contribution in [0.2, 0.25) is 0 Å². The van der Waals surface area contributed by atoms with E-state index in [0.717, 1.165) is 74.4 Å². The third-order valence-electron chi connectivity index (χ3n) is 7.36. The van der Waals surface area contributed by atoms with E-state index in [4.69, 9.17) is 9.97 Å². The van der Waals surface area contributed by atoms with E-state index in [9.17, 15) is 5.11 Å². The molecular weight excluding hydrogens is 408 g/mol. The third kappa shape index (κ3) is 3.51. The Morgan fingerprint density at radius 2 is 1.55 bits per heavy atom. The molecule has 0 saturated heterocycles. The average Bonchev–Trinajstić information content (AvgIpc) is 3.49. The quantitative estimate of drug-likeness (QED) is 0.444. The molecular formula is C28H32N4O. The number of rotatable bonds is 2. The molecule has 2 aliphatic heterocycles. The first-order valence-electron chi connectivity index (χ1n) is 11.8. The summed E-state index contributed by atoms with van der Waals surface area (Å²) in [6.07, 6.45) is 4.02. The highest BCUT2D eigenvalue weighted by molar-refractivity contribution is 5.85. The van der Waals surface area contributed by atoms with Gasteiger partial charge in [0, 0.05) is 44.9 Å². The molecule has 33 heavy (non-hydrogen) atoms. The standard InChI is InChI=1S/C28H32N4O/c1-7-19-16(4)26-12-28-20(13-33)17(5)25(32-28)10-21-14(2)8-23(29-21)18(6)24-9-15(3)22(30-24)11-27(19)31-26/h9-12,14,31-33H,7-8,13H2,1-6H3. The molecule has 5 heterocycles. The van der Waals surface area contributed by atoms with Gasteiger partial charge in [0.25, 0.3) is 0 Å². The fourth-order valence-electron chi connectivity index (χ4n) is 5.11. The van der Waals surface area contributed by atoms with Crippen LogP contribution in [0.5, 0.6) is 0 Å². The number of hydrogen-bond donors (Lipinski definition) is 3. The maximum absolute atomic E-state index is 10.2. The molecule has 0 saturated carbocycles. The highest BCUT2D eigenvalue weighted by atomic mass is 16.3. The molecule has 170 valence electrons. The molecule has 0 radical (unpaired) electrons. The van der Waals surface area contributed by atoms with Crippen LogP contribution in [0, 0.1) is 20.8 Å². The van der Waals surface area contributed by atoms with Gasteiger partial charge in [0.1, 0.15) is 0 Å². The van der Waals surface area contributed by atoms with E-state index in [1.54, 1.807) is 0 Å². The van der Waals surface area contributed by atoms with Crippen molar-refractivity contribution in [1.29, 1.82) is 0 Å². The summed E-state index contributed by atoms with van der Waals surface area (Å²) in [5.41, 5.74) is 15.1. The largest absolute Gasteiger partial charge is 0.392 e. The average molecular weight is 441 g/mol. The van der Waals surface area contributed by atoms with E-state index in [1.165, 1.54) is 16.7 Å². The number of H-pyrrole nitrogens is 2. The number of hydrogen-bond acceptors (Lipinski definition) is 3. The lowest BCUT2D eigenvalue weighted by molar-refractivity contribution is 0.283. The smallest absolute Gasteiger partial charge is 0.0705 e. The number of fused-ring (bicyclic) bond motifs is 8. The fourth-order valence-corrected chi connectivity index (χ4v) is 5.11. The third-order valence-corrected chi connectivity index (χ3v) is 7.36. The number of aromatic nitrogens is 4. The zero-order valence-corrected chi connectivity index (χ0v) is 20.3. The molecule has 2 aliphatic rings. The van der Waals surface area contributed by atoms with Gasteiger partial charge in [-0.25, -0.2) is 4.98 Å². The topological polar surface area (TPSA) is 77.6 Å². The first kappa shape index (κ1) is 21.7. The van der Waals surface area contributed by atoms with Crippen LogP contribution in [0.15, 0.2) is 18.2 Å². The lowest BCUT2D eigenvalue weighted by Gasteiger charge is -2.00. The Hall–Kier alpha value is -3.18. The van der Waals surface area contributed by atoms with Crippen LogP contribution in [0.4, 0.5) is 0 Å². The van der Waals surface area contributed by atoms with Crippen molar-refractivity contribution in [2.45, 2.75) is 66.9 Å². The van der Waals surface area contributed by atoms with Crippen molar-refractivity contribution >= 4 is 33.7 Å². The van der Waals surface area contributed by atoms with E-state index in [2.05, 4.69) is 75.8 Å². The molecule has 0 fully saturated rings. The van der Waals surface area contributed by atoms with Crippen molar-refractivity contribution in [3.8, 4) is 0 Å². The van der Waals surface area contributed by atoms with E-state index in [1.807, 2.05) is 0 Å². The molecule has 1 unspecified atom stereocenters. The molecule has 0 spiro atoms. The van der Waals surface area contributed by atoms with Crippen LogP contribution in [0.25, 0.3) is 33.7 Å². The van der Waals surface area contributed by atoms with Gasteiger partial charge < -0.3 is 15.1 Å². The SMILES string of the molecule is CCc1c(C)c2cc3[nH]c(cc4nc(c(C)c5nc(cc1[nH]2)C(C)=C5)CC4C)c(C)c3CO. The summed E-state index contributed by atoms with van der Waals surface area (Å²) in [5, 5.41) is 10.2. The number of nitrogens with one attached hydrogen (secondary N) is 2. The van der Waals surface area contributed by atoms with Gasteiger partial charge in [-0.3, -0.25) is 4.98 Å². The van der Waals surface area contributed by atoms with Crippen LogP contribution in [-0.4, -0.2) is 25.0 Å². The summed E-state index contributed by atoms with van der Waals surface area (Å²) in [4.78, 5) is 17.2. The minimum Gasteiger partial charge on any atom is -0.392 e. The zero-order chi connectivity index (χ0) is 23.4. The molecule has 0 aliphatic carbocycles. The van der Waals surface area contributed by atoms with Crippen molar-refractivity contribution in [3.05, 3.63) is 68.8 Å². The fraction of sp³-hybridized carbons (Fsp3) is 0.357. The van der Waals surface area contributed by atoms with Gasteiger partial charge in [-0.2, -0.15) is 0 Å². The Kier molecular flexibility index (Phi) is 5.25. The molecule has 8 bridgehead atoms. The van der Waals surface area contributed by atoms with Crippen LogP contribution in [0.3, 0.4) is 0 Å². The molecule has 3 N–H and O–H groups in total. The summed E-state index contributed by atoms with van der Waals surface area (Å²) in [6.45, 7) is 12.9. The second kappa shape index (κ2) is 7.99. The number of aryl methyl sites for hydroxylation is 3. The maximum Gasteiger partial charge on any atom is 0.0705 e. The van der Waals surface area contributed by atoms with Gasteiger partial charge in [0.15, 0.2) is 0 Å². The predicted octanol–water partition coefficient (Wildman–Crippen LogP) is 6.20. The summed E-state index contributed by atoms with van der Waals surface area (Å²) in [6, 6.07) is 6.44. The number of nitrogens with zero attached hydrogens (tertiary/aromatic N) is 2. The zero-order valence-electron chi connectivity index (χ0n) is 20.3. The lowest BCUT2D eigenvalue weighted by atomic mass is 10.0. The Morgan fingerprint density at radius 1 is 0.879 bits per heavy atom. The minimum absolute atomic E-state index is 0.00716. The molecule has 3 aromatic heterocycles. The van der Waals surface area contributed by atoms with Crippen molar-refractivity contribution in [1.82, 2.24) is 19.9 Å². The summed E-state index contributed by atoms with van der Waals surface area (Å²) >= 11 is 0. The van der Waals surface area contributed by atoms with Crippen LogP contribution >= 0.6 is 0 Å². The highest BCUT2D eigenvalue weighted by Crippen LogP contribution is 2.31. The summed E-state index contributed by atoms with van der Waals surface area (Å²) in [7, 11) is 0. The number of aliphatic hydroxyl groups excluding tert-OH is 1. The minimum atomic E-state index is -0.00716. The highest BCUT2D eigenvalue weighted by Gasteiger charge is 2.20. The van der Waals surface area contributed by atoms with Crippen LogP contribution in [0.1, 0.15) is 77.3 Å². The van der Waals surface area contributed by atoms with Crippen molar-refractivity contribution in [2.24, 2.45) is 0 Å². The predicted molar refractivity (Wildman–Crippen MR) is 136 cm³/mol. The van der Waals surface area contributed by atoms with E-state index >= 15 is 0 Å². The van der Waals surface area contributed by atoms with Crippen molar-refractivity contribution in [3.63, 3.8) is 0 Å². The number of aliphatic hydroxyl groups is 1. The van der Waals surface area contributed by atoms with E-state index < -0.39 is 0 Å². The van der Waals surface area contributed by atoms with Gasteiger partial charge in [-0.1, -0.05) is 13.8 Å². The van der Waals surface area contributed by atoms with Gasteiger partial charge in [0.2, 0.25) is 0 Å². The first-order chi connectivity index (χ1) is 15.8. The van der Waals surface area contributed by atoms with Gasteiger partial charge in [-0.05, 0) is 92.6 Å². The van der Waals surface area contributed by atoms with Crippen LogP contribution < -0.4 is 0 Å². The Balaban J connectivity index is 1.98. The number of aromatic amines is 2. The number of allylic oxidation sites excluding steroid dienone is 1. The van der Waals surface area contributed by atoms with Crippen molar-refractivity contribution < 1.29 is 5.11 Å². The molecule has 3 aromatic rings. The molecule has 5 nitrogen and oxygen atoms in total. The maximum atomic E-state index is 10.2. The molecule has 5 heteroatoms. The summed E-state index contributed by atoms with van der Waals surface area (Å²) < 4.78 is 0. The second-order valence-corrected chi connectivity index (χ2v) is 9.48. The monoisotopic (exact) mass is 440 g/mol. The van der Waals surface area contributed by atoms with E-state index in [-0.39, 0.29) is 6.61 Å². The summed E-state index contributed by atoms with van der Waals surface area (Å²) in [5.74, 6) is 0.334. The Bertz CT molecular complexity index is 1470. The Morgan fingerprint density at radius 3 is 2.24 bits per heavy atom. The molecule has 5 rings (SSSR count). The van der Waals surface area contributed by atoms with Gasteiger partial charge in [-0.15, -0.1) is 0 Å². The lowest BCUT2D eigenvalue weighted by Crippen LogP contribution is -1.91. The molecule has 1 atom stereocenters. The molecule has 0 aromatic carbocycles. The van der Waals surface area contributed by atoms with Gasteiger partial charge >= 0.3 is 0 Å².